The molecule has 0 amide bonds. The van der Waals surface area contributed by atoms with Crippen LogP contribution in [0.2, 0.25) is 0 Å². The second-order valence-corrected chi connectivity index (χ2v) is 6.21. The van der Waals surface area contributed by atoms with Gasteiger partial charge >= 0.3 is 0 Å². The second-order valence-electron chi connectivity index (χ2n) is 3.46. The Balaban J connectivity index is 2.22. The Morgan fingerprint density at radius 2 is 2.31 bits per heavy atom. The van der Waals surface area contributed by atoms with Gasteiger partial charge in [-0.05, 0) is 19.8 Å². The molecular formula is C7H10N2O2S2. The molecule has 0 spiro atoms. The van der Waals surface area contributed by atoms with Gasteiger partial charge in [-0.1, -0.05) is 0 Å². The lowest BCUT2D eigenvalue weighted by molar-refractivity contribution is 0.557. The highest BCUT2D eigenvalue weighted by molar-refractivity contribution is 7.91. The topological polar surface area (TPSA) is 59.1 Å². The lowest BCUT2D eigenvalue weighted by Gasteiger charge is -2.09. The SMILES string of the molecule is CC1(NS(=O)(=O)c2nccs2)CC1. The number of hydrogen-bond donors (Lipinski definition) is 1. The third kappa shape index (κ3) is 1.90. The first-order valence-electron chi connectivity index (χ1n) is 3.95. The van der Waals surface area contributed by atoms with Crippen LogP contribution in [-0.4, -0.2) is 18.9 Å². The molecule has 13 heavy (non-hydrogen) atoms. The molecule has 0 bridgehead atoms. The fourth-order valence-corrected chi connectivity index (χ4v) is 3.30. The van der Waals surface area contributed by atoms with Crippen molar-refractivity contribution in [3.8, 4) is 0 Å². The highest BCUT2D eigenvalue weighted by Crippen LogP contribution is 2.36. The van der Waals surface area contributed by atoms with Gasteiger partial charge in [0.05, 0.1) is 0 Å². The van der Waals surface area contributed by atoms with E-state index in [1.165, 1.54) is 6.20 Å². The van der Waals surface area contributed by atoms with Crippen molar-refractivity contribution in [3.05, 3.63) is 11.6 Å². The molecule has 0 saturated heterocycles. The second kappa shape index (κ2) is 2.76. The van der Waals surface area contributed by atoms with Crippen molar-refractivity contribution < 1.29 is 8.42 Å². The summed E-state index contributed by atoms with van der Waals surface area (Å²) in [6.45, 7) is 1.90. The van der Waals surface area contributed by atoms with E-state index in [1.807, 2.05) is 6.92 Å². The fraction of sp³-hybridized carbons (Fsp3) is 0.571. The minimum Gasteiger partial charge on any atom is -0.233 e. The van der Waals surface area contributed by atoms with E-state index in [-0.39, 0.29) is 9.88 Å². The Bertz CT molecular complexity index is 392. The lowest BCUT2D eigenvalue weighted by atomic mass is 10.4. The zero-order chi connectivity index (χ0) is 9.53. The molecule has 1 aliphatic carbocycles. The van der Waals surface area contributed by atoms with E-state index in [4.69, 9.17) is 0 Å². The lowest BCUT2D eigenvalue weighted by Crippen LogP contribution is -2.34. The molecule has 1 aliphatic rings. The molecule has 0 aliphatic heterocycles. The Hall–Kier alpha value is -0.460. The number of rotatable bonds is 3. The highest BCUT2D eigenvalue weighted by atomic mass is 32.2. The Morgan fingerprint density at radius 1 is 1.62 bits per heavy atom. The molecule has 1 fully saturated rings. The van der Waals surface area contributed by atoms with Crippen LogP contribution < -0.4 is 4.72 Å². The zero-order valence-electron chi connectivity index (χ0n) is 7.15. The molecule has 6 heteroatoms. The van der Waals surface area contributed by atoms with E-state index >= 15 is 0 Å². The molecular weight excluding hydrogens is 208 g/mol. The molecule has 4 nitrogen and oxygen atoms in total. The van der Waals surface area contributed by atoms with E-state index in [1.54, 1.807) is 5.38 Å². The molecule has 0 radical (unpaired) electrons. The van der Waals surface area contributed by atoms with Crippen molar-refractivity contribution in [1.82, 2.24) is 9.71 Å². The maximum Gasteiger partial charge on any atom is 0.268 e. The maximum absolute atomic E-state index is 11.6. The number of nitrogens with one attached hydrogen (secondary N) is 1. The summed E-state index contributed by atoms with van der Waals surface area (Å²) in [5, 5.41) is 1.66. The summed E-state index contributed by atoms with van der Waals surface area (Å²) in [5.74, 6) is 0. The molecule has 2 rings (SSSR count). The molecule has 0 unspecified atom stereocenters. The van der Waals surface area contributed by atoms with Crippen LogP contribution in [-0.2, 0) is 10.0 Å². The number of thiazole rings is 1. The van der Waals surface area contributed by atoms with Gasteiger partial charge in [0.25, 0.3) is 10.0 Å². The van der Waals surface area contributed by atoms with Crippen LogP contribution >= 0.6 is 11.3 Å². The van der Waals surface area contributed by atoms with Gasteiger partial charge in [0.15, 0.2) is 0 Å². The van der Waals surface area contributed by atoms with Crippen molar-refractivity contribution >= 4 is 21.4 Å². The molecule has 1 aromatic heterocycles. The van der Waals surface area contributed by atoms with E-state index in [0.29, 0.717) is 0 Å². The van der Waals surface area contributed by atoms with Gasteiger partial charge in [0.2, 0.25) is 4.34 Å². The molecule has 0 aromatic carbocycles. The number of hydrogen-bond acceptors (Lipinski definition) is 4. The predicted molar refractivity (Wildman–Crippen MR) is 50.1 cm³/mol. The van der Waals surface area contributed by atoms with Crippen LogP contribution in [0.4, 0.5) is 0 Å². The molecule has 1 N–H and O–H groups in total. The van der Waals surface area contributed by atoms with E-state index < -0.39 is 10.0 Å². The highest BCUT2D eigenvalue weighted by Gasteiger charge is 2.41. The summed E-state index contributed by atoms with van der Waals surface area (Å²) >= 11 is 1.14. The van der Waals surface area contributed by atoms with Crippen molar-refractivity contribution in [2.24, 2.45) is 0 Å². The van der Waals surface area contributed by atoms with Gasteiger partial charge in [0, 0.05) is 17.1 Å². The average molecular weight is 218 g/mol. The minimum atomic E-state index is -3.35. The van der Waals surface area contributed by atoms with Crippen LogP contribution in [0.25, 0.3) is 0 Å². The third-order valence-electron chi connectivity index (χ3n) is 2.02. The molecule has 1 saturated carbocycles. The molecule has 0 atom stereocenters. The summed E-state index contributed by atoms with van der Waals surface area (Å²) in [6.07, 6.45) is 3.32. The van der Waals surface area contributed by atoms with Crippen LogP contribution in [0.15, 0.2) is 15.9 Å². The Kier molecular flexibility index (Phi) is 1.94. The normalized spacial score (nSPS) is 20.1. The first-order valence-corrected chi connectivity index (χ1v) is 6.32. The molecule has 72 valence electrons. The summed E-state index contributed by atoms with van der Waals surface area (Å²) < 4.78 is 26.0. The Labute approximate surface area is 81.1 Å². The van der Waals surface area contributed by atoms with Gasteiger partial charge in [-0.15, -0.1) is 11.3 Å². The van der Waals surface area contributed by atoms with E-state index in [9.17, 15) is 8.42 Å². The van der Waals surface area contributed by atoms with Crippen molar-refractivity contribution in [2.75, 3.05) is 0 Å². The average Bonchev–Trinajstić information content (AvgIpc) is 2.53. The standard InChI is InChI=1S/C7H10N2O2S2/c1-7(2-3-7)9-13(10,11)6-8-4-5-12-6/h4-5,9H,2-3H2,1H3. The monoisotopic (exact) mass is 218 g/mol. The van der Waals surface area contributed by atoms with Gasteiger partial charge in [0.1, 0.15) is 0 Å². The summed E-state index contributed by atoms with van der Waals surface area (Å²) in [6, 6.07) is 0. The summed E-state index contributed by atoms with van der Waals surface area (Å²) in [5.41, 5.74) is -0.218. The van der Waals surface area contributed by atoms with Crippen LogP contribution in [0.1, 0.15) is 19.8 Å². The van der Waals surface area contributed by atoms with E-state index in [0.717, 1.165) is 24.2 Å². The van der Waals surface area contributed by atoms with E-state index in [2.05, 4.69) is 9.71 Å². The van der Waals surface area contributed by atoms with Crippen molar-refractivity contribution in [3.63, 3.8) is 0 Å². The summed E-state index contributed by atoms with van der Waals surface area (Å²) in [7, 11) is -3.35. The molecule has 1 heterocycles. The smallest absolute Gasteiger partial charge is 0.233 e. The Morgan fingerprint density at radius 3 is 2.77 bits per heavy atom. The van der Waals surface area contributed by atoms with Crippen LogP contribution in [0.3, 0.4) is 0 Å². The number of aromatic nitrogens is 1. The van der Waals surface area contributed by atoms with Gasteiger partial charge in [-0.2, -0.15) is 0 Å². The maximum atomic E-state index is 11.6. The fourth-order valence-electron chi connectivity index (χ4n) is 1.00. The predicted octanol–water partition coefficient (Wildman–Crippen LogP) is 0.974. The first-order chi connectivity index (χ1) is 6.02. The van der Waals surface area contributed by atoms with Gasteiger partial charge in [-0.3, -0.25) is 0 Å². The minimum absolute atomic E-state index is 0.153. The molecule has 1 aromatic rings. The van der Waals surface area contributed by atoms with Gasteiger partial charge < -0.3 is 0 Å². The van der Waals surface area contributed by atoms with Crippen molar-refractivity contribution in [1.29, 1.82) is 0 Å². The first kappa shape index (κ1) is 9.11. The van der Waals surface area contributed by atoms with Crippen LogP contribution in [0.5, 0.6) is 0 Å². The largest absolute Gasteiger partial charge is 0.268 e. The third-order valence-corrected chi connectivity index (χ3v) is 4.86. The number of nitrogens with zero attached hydrogens (tertiary/aromatic N) is 1. The van der Waals surface area contributed by atoms with Crippen LogP contribution in [0, 0.1) is 0 Å². The van der Waals surface area contributed by atoms with Crippen molar-refractivity contribution in [2.45, 2.75) is 29.6 Å². The summed E-state index contributed by atoms with van der Waals surface area (Å²) in [4.78, 5) is 3.77. The van der Waals surface area contributed by atoms with Gasteiger partial charge in [-0.25, -0.2) is 18.1 Å². The number of sulfonamides is 1. The quantitative estimate of drug-likeness (QED) is 0.822. The zero-order valence-corrected chi connectivity index (χ0v) is 8.78.